The summed E-state index contributed by atoms with van der Waals surface area (Å²) < 4.78 is 37.4. The number of benzene rings is 1. The predicted molar refractivity (Wildman–Crippen MR) is 61.9 cm³/mol. The fourth-order valence-electron chi connectivity index (χ4n) is 1.49. The Hall–Kier alpha value is -1.47. The van der Waals surface area contributed by atoms with Crippen LogP contribution in [0.4, 0.5) is 13.2 Å². The number of alkyl halides is 3. The summed E-state index contributed by atoms with van der Waals surface area (Å²) >= 11 is 5.74. The maximum absolute atomic E-state index is 12.5. The molecule has 0 radical (unpaired) electrons. The molecule has 0 saturated heterocycles. The van der Waals surface area contributed by atoms with Crippen molar-refractivity contribution in [3.8, 4) is 0 Å². The molecular formula is C10H10ClF3N4. The molecule has 1 atom stereocenters. The van der Waals surface area contributed by atoms with E-state index in [1.165, 1.54) is 12.1 Å². The standard InChI is InChI=1S/C10H10ClF3N4/c1-18-8(6-2-4-7(11)5-3-6)15-16-9(17-18)10(12,13)14/h2-5,9,16-17H,1H3. The Morgan fingerprint density at radius 2 is 1.89 bits per heavy atom. The lowest BCUT2D eigenvalue weighted by molar-refractivity contribution is -0.173. The van der Waals surface area contributed by atoms with Crippen LogP contribution in [-0.2, 0) is 0 Å². The third-order valence-corrected chi connectivity index (χ3v) is 2.62. The van der Waals surface area contributed by atoms with Crippen molar-refractivity contribution < 1.29 is 13.2 Å². The molecule has 4 nitrogen and oxygen atoms in total. The van der Waals surface area contributed by atoms with Gasteiger partial charge in [-0.05, 0) is 24.3 Å². The van der Waals surface area contributed by atoms with Crippen LogP contribution in [0.5, 0.6) is 0 Å². The van der Waals surface area contributed by atoms with Crippen LogP contribution < -0.4 is 10.9 Å². The van der Waals surface area contributed by atoms with Crippen LogP contribution in [0.3, 0.4) is 0 Å². The van der Waals surface area contributed by atoms with Crippen LogP contribution in [0.15, 0.2) is 29.4 Å². The van der Waals surface area contributed by atoms with Crippen molar-refractivity contribution in [3.63, 3.8) is 0 Å². The Balaban J connectivity index is 2.21. The zero-order chi connectivity index (χ0) is 13.3. The van der Waals surface area contributed by atoms with Crippen molar-refractivity contribution in [2.24, 2.45) is 5.10 Å². The first kappa shape index (κ1) is 13.0. The van der Waals surface area contributed by atoms with Gasteiger partial charge in [0.05, 0.1) is 0 Å². The molecule has 0 fully saturated rings. The molecule has 0 aliphatic carbocycles. The summed E-state index contributed by atoms with van der Waals surface area (Å²) in [5, 5.41) is 5.49. The second-order valence-corrected chi connectivity index (χ2v) is 4.17. The normalized spacial score (nSPS) is 20.4. The summed E-state index contributed by atoms with van der Waals surface area (Å²) in [5.41, 5.74) is 4.94. The van der Waals surface area contributed by atoms with Gasteiger partial charge in [-0.1, -0.05) is 11.6 Å². The number of nitrogens with zero attached hydrogens (tertiary/aromatic N) is 2. The summed E-state index contributed by atoms with van der Waals surface area (Å²) in [4.78, 5) is 0. The average Bonchev–Trinajstić information content (AvgIpc) is 2.29. The minimum atomic E-state index is -4.41. The van der Waals surface area contributed by atoms with Crippen LogP contribution >= 0.6 is 11.6 Å². The fourth-order valence-corrected chi connectivity index (χ4v) is 1.61. The summed E-state index contributed by atoms with van der Waals surface area (Å²) in [5.74, 6) is 0.354. The molecule has 8 heteroatoms. The lowest BCUT2D eigenvalue weighted by atomic mass is 10.2. The van der Waals surface area contributed by atoms with Gasteiger partial charge >= 0.3 is 6.18 Å². The van der Waals surface area contributed by atoms with E-state index in [0.29, 0.717) is 16.4 Å². The summed E-state index contributed by atoms with van der Waals surface area (Å²) in [6.07, 6.45) is -6.30. The van der Waals surface area contributed by atoms with Gasteiger partial charge in [-0.3, -0.25) is 10.4 Å². The van der Waals surface area contributed by atoms with Gasteiger partial charge in [0.15, 0.2) is 5.84 Å². The van der Waals surface area contributed by atoms with Gasteiger partial charge < -0.3 is 0 Å². The molecule has 0 amide bonds. The largest absolute Gasteiger partial charge is 0.425 e. The lowest BCUT2D eigenvalue weighted by Crippen LogP contribution is -2.61. The average molecular weight is 279 g/mol. The number of rotatable bonds is 1. The van der Waals surface area contributed by atoms with Gasteiger partial charge in [-0.2, -0.15) is 18.3 Å². The summed E-state index contributed by atoms with van der Waals surface area (Å²) in [7, 11) is 1.47. The van der Waals surface area contributed by atoms with Crippen molar-refractivity contribution in [2.75, 3.05) is 7.05 Å². The van der Waals surface area contributed by atoms with E-state index >= 15 is 0 Å². The zero-order valence-corrected chi connectivity index (χ0v) is 10.0. The van der Waals surface area contributed by atoms with Crippen LogP contribution in [0.25, 0.3) is 0 Å². The van der Waals surface area contributed by atoms with Crippen LogP contribution in [0, 0.1) is 0 Å². The molecule has 1 aromatic rings. The molecule has 2 N–H and O–H groups in total. The predicted octanol–water partition coefficient (Wildman–Crippen LogP) is 1.93. The van der Waals surface area contributed by atoms with Gasteiger partial charge in [0.2, 0.25) is 6.17 Å². The van der Waals surface area contributed by atoms with Crippen LogP contribution in [0.2, 0.25) is 5.02 Å². The second-order valence-electron chi connectivity index (χ2n) is 3.73. The van der Waals surface area contributed by atoms with Crippen molar-refractivity contribution in [3.05, 3.63) is 34.9 Å². The Labute approximate surface area is 106 Å². The van der Waals surface area contributed by atoms with E-state index in [1.807, 2.05) is 5.43 Å². The van der Waals surface area contributed by atoms with Gasteiger partial charge in [0.25, 0.3) is 0 Å². The third kappa shape index (κ3) is 2.68. The van der Waals surface area contributed by atoms with Crippen molar-refractivity contribution >= 4 is 17.4 Å². The minimum absolute atomic E-state index is 0.354. The van der Waals surface area contributed by atoms with Crippen molar-refractivity contribution in [1.82, 2.24) is 15.9 Å². The Morgan fingerprint density at radius 3 is 2.39 bits per heavy atom. The SMILES string of the molecule is CN1NC(C(F)(F)F)NN=C1c1ccc(Cl)cc1. The Morgan fingerprint density at radius 1 is 1.28 bits per heavy atom. The topological polar surface area (TPSA) is 39.7 Å². The molecule has 98 valence electrons. The van der Waals surface area contributed by atoms with E-state index in [2.05, 4.69) is 10.5 Å². The lowest BCUT2D eigenvalue weighted by Gasteiger charge is -2.33. The Kier molecular flexibility index (Phi) is 3.36. The molecule has 1 heterocycles. The zero-order valence-electron chi connectivity index (χ0n) is 9.29. The van der Waals surface area contributed by atoms with Gasteiger partial charge in [-0.25, -0.2) is 5.43 Å². The van der Waals surface area contributed by atoms with E-state index in [4.69, 9.17) is 11.6 Å². The van der Waals surface area contributed by atoms with Crippen LogP contribution in [0.1, 0.15) is 5.56 Å². The maximum atomic E-state index is 12.5. The number of hydrogen-bond donors (Lipinski definition) is 2. The number of halogens is 4. The number of hydrogen-bond acceptors (Lipinski definition) is 4. The number of amidine groups is 1. The second kappa shape index (κ2) is 4.66. The van der Waals surface area contributed by atoms with E-state index in [9.17, 15) is 13.2 Å². The molecule has 1 aliphatic heterocycles. The molecule has 1 aromatic carbocycles. The molecule has 2 rings (SSSR count). The highest BCUT2D eigenvalue weighted by Gasteiger charge is 2.42. The molecule has 1 unspecified atom stereocenters. The van der Waals surface area contributed by atoms with E-state index in [-0.39, 0.29) is 0 Å². The third-order valence-electron chi connectivity index (χ3n) is 2.37. The first-order valence-corrected chi connectivity index (χ1v) is 5.41. The fraction of sp³-hybridized carbons (Fsp3) is 0.300. The highest BCUT2D eigenvalue weighted by atomic mass is 35.5. The van der Waals surface area contributed by atoms with Crippen molar-refractivity contribution in [1.29, 1.82) is 0 Å². The number of hydrazone groups is 1. The molecule has 0 aromatic heterocycles. The summed E-state index contributed by atoms with van der Waals surface area (Å²) in [6.45, 7) is 0. The smallest absolute Gasteiger partial charge is 0.291 e. The van der Waals surface area contributed by atoms with E-state index < -0.39 is 12.3 Å². The minimum Gasteiger partial charge on any atom is -0.291 e. The molecule has 0 spiro atoms. The first-order valence-electron chi connectivity index (χ1n) is 5.03. The maximum Gasteiger partial charge on any atom is 0.425 e. The molecule has 1 aliphatic rings. The molecular weight excluding hydrogens is 269 g/mol. The number of hydrazine groups is 1. The first-order chi connectivity index (χ1) is 8.38. The molecule has 0 saturated carbocycles. The van der Waals surface area contributed by atoms with E-state index in [0.717, 1.165) is 0 Å². The van der Waals surface area contributed by atoms with Gasteiger partial charge in [-0.15, -0.1) is 0 Å². The highest BCUT2D eigenvalue weighted by Crippen LogP contribution is 2.21. The quantitative estimate of drug-likeness (QED) is 0.825. The summed E-state index contributed by atoms with van der Waals surface area (Å²) in [6, 6.07) is 6.63. The molecule has 0 bridgehead atoms. The monoisotopic (exact) mass is 278 g/mol. The Bertz CT molecular complexity index is 457. The molecule has 18 heavy (non-hydrogen) atoms. The van der Waals surface area contributed by atoms with Crippen molar-refractivity contribution in [2.45, 2.75) is 12.3 Å². The van der Waals surface area contributed by atoms with Gasteiger partial charge in [0, 0.05) is 17.6 Å². The van der Waals surface area contributed by atoms with Crippen LogP contribution in [-0.4, -0.2) is 30.2 Å². The van der Waals surface area contributed by atoms with Gasteiger partial charge in [0.1, 0.15) is 0 Å². The highest BCUT2D eigenvalue weighted by molar-refractivity contribution is 6.30. The number of nitrogens with one attached hydrogen (secondary N) is 2. The van der Waals surface area contributed by atoms with E-state index in [1.54, 1.807) is 24.3 Å².